The van der Waals surface area contributed by atoms with Crippen molar-refractivity contribution in [3.8, 4) is 11.5 Å². The van der Waals surface area contributed by atoms with Gasteiger partial charge < -0.3 is 18.9 Å². The van der Waals surface area contributed by atoms with E-state index in [1.54, 1.807) is 0 Å². The standard InChI is InChI=1S/C34H36Cl6O8/c1-7-13(3)23-15(5)17(23)11-45-31(41)25-27(39)19(35)9-21(37)29(25)47-33(43)34(44)48-30-22(38)10-20(36)28(40)26(30)32(42)46-12-18-16(6)24(18)14(4)8-2/h9-10,13-18,23-24H,7-8,11-12H2,1-6H3. The molecule has 0 radical (unpaired) electrons. The number of esters is 4. The number of benzene rings is 2. The number of halogens is 6. The fraction of sp³-hybridized carbons (Fsp3) is 0.529. The van der Waals surface area contributed by atoms with E-state index in [0.717, 1.165) is 25.0 Å². The predicted octanol–water partition coefficient (Wildman–Crippen LogP) is 10.3. The molecule has 48 heavy (non-hydrogen) atoms. The molecule has 0 N–H and O–H groups in total. The Morgan fingerprint density at radius 2 is 0.958 bits per heavy atom. The van der Waals surface area contributed by atoms with Gasteiger partial charge in [0.15, 0.2) is 11.5 Å². The van der Waals surface area contributed by atoms with Crippen molar-refractivity contribution in [2.24, 2.45) is 47.3 Å². The van der Waals surface area contributed by atoms with E-state index in [1.165, 1.54) is 0 Å². The van der Waals surface area contributed by atoms with Crippen molar-refractivity contribution in [2.45, 2.75) is 54.4 Å². The summed E-state index contributed by atoms with van der Waals surface area (Å²) in [5, 5.41) is -1.45. The van der Waals surface area contributed by atoms with Gasteiger partial charge in [0, 0.05) is 0 Å². The first kappa shape index (κ1) is 38.9. The summed E-state index contributed by atoms with van der Waals surface area (Å²) in [6, 6.07) is 2.27. The Labute approximate surface area is 309 Å². The van der Waals surface area contributed by atoms with Gasteiger partial charge in [0.1, 0.15) is 11.1 Å². The van der Waals surface area contributed by atoms with Crippen LogP contribution in [0.4, 0.5) is 0 Å². The molecule has 0 aliphatic heterocycles. The van der Waals surface area contributed by atoms with Gasteiger partial charge >= 0.3 is 23.9 Å². The summed E-state index contributed by atoms with van der Waals surface area (Å²) in [7, 11) is 0. The normalized spacial score (nSPS) is 23.9. The van der Waals surface area contributed by atoms with Crippen LogP contribution in [0.1, 0.15) is 75.1 Å². The van der Waals surface area contributed by atoms with E-state index in [-0.39, 0.29) is 55.2 Å². The van der Waals surface area contributed by atoms with Gasteiger partial charge in [-0.2, -0.15) is 0 Å². The maximum Gasteiger partial charge on any atom is 0.423 e. The SMILES string of the molecule is CCC(C)C1C(C)C1COC(=O)c1c(Cl)c(Cl)cc(Cl)c1OC(=O)C(=O)Oc1c(Cl)cc(Cl)c(Cl)c1C(=O)OCC1C(C)C1C(C)CC. The summed E-state index contributed by atoms with van der Waals surface area (Å²) in [5.41, 5.74) is -0.906. The lowest BCUT2D eigenvalue weighted by Gasteiger charge is -2.16. The highest BCUT2D eigenvalue weighted by Gasteiger charge is 2.50. The van der Waals surface area contributed by atoms with E-state index in [0.29, 0.717) is 35.5 Å². The number of hydrogen-bond acceptors (Lipinski definition) is 8. The second-order valence-electron chi connectivity index (χ2n) is 12.7. The van der Waals surface area contributed by atoms with Crippen LogP contribution < -0.4 is 9.47 Å². The molecule has 8 nitrogen and oxygen atoms in total. The molecule has 2 saturated carbocycles. The van der Waals surface area contributed by atoms with Crippen molar-refractivity contribution in [3.63, 3.8) is 0 Å². The Bertz CT molecular complexity index is 1500. The minimum absolute atomic E-state index is 0.0948. The second-order valence-corrected chi connectivity index (χ2v) is 15.0. The van der Waals surface area contributed by atoms with Gasteiger partial charge in [-0.25, -0.2) is 19.2 Å². The third-order valence-electron chi connectivity index (χ3n) is 9.91. The average molecular weight is 785 g/mol. The van der Waals surface area contributed by atoms with Crippen LogP contribution in [0.5, 0.6) is 11.5 Å². The molecule has 4 rings (SSSR count). The summed E-state index contributed by atoms with van der Waals surface area (Å²) in [6.45, 7) is 12.8. The fourth-order valence-corrected chi connectivity index (χ4v) is 8.03. The number of rotatable bonds is 12. The number of carbonyl (C=O) groups is 4. The molecule has 0 heterocycles. The van der Waals surface area contributed by atoms with Crippen molar-refractivity contribution in [2.75, 3.05) is 13.2 Å². The summed E-state index contributed by atoms with van der Waals surface area (Å²) in [6.07, 6.45) is 1.97. The zero-order chi connectivity index (χ0) is 35.8. The van der Waals surface area contributed by atoms with Crippen LogP contribution in [0, 0.1) is 47.3 Å². The van der Waals surface area contributed by atoms with E-state index in [1.807, 2.05) is 0 Å². The van der Waals surface area contributed by atoms with Crippen LogP contribution in [0.2, 0.25) is 30.1 Å². The van der Waals surface area contributed by atoms with Gasteiger partial charge in [0.2, 0.25) is 0 Å². The van der Waals surface area contributed by atoms with Gasteiger partial charge in [-0.15, -0.1) is 0 Å². The van der Waals surface area contributed by atoms with Crippen LogP contribution in [-0.2, 0) is 19.1 Å². The first-order valence-electron chi connectivity index (χ1n) is 15.7. The maximum absolute atomic E-state index is 13.2. The Hall–Kier alpha value is -1.94. The van der Waals surface area contributed by atoms with Crippen molar-refractivity contribution < 1.29 is 38.1 Å². The van der Waals surface area contributed by atoms with Crippen LogP contribution in [0.3, 0.4) is 0 Å². The molecule has 8 unspecified atom stereocenters. The molecule has 0 aromatic heterocycles. The van der Waals surface area contributed by atoms with Gasteiger partial charge in [0.05, 0.1) is 43.3 Å². The Kier molecular flexibility index (Phi) is 12.9. The first-order valence-corrected chi connectivity index (χ1v) is 17.9. The van der Waals surface area contributed by atoms with E-state index in [2.05, 4.69) is 41.5 Å². The Morgan fingerprint density at radius 1 is 0.625 bits per heavy atom. The van der Waals surface area contributed by atoms with E-state index in [9.17, 15) is 19.2 Å². The van der Waals surface area contributed by atoms with E-state index >= 15 is 0 Å². The van der Waals surface area contributed by atoms with Crippen LogP contribution in [0.15, 0.2) is 12.1 Å². The highest BCUT2D eigenvalue weighted by Crippen LogP contribution is 2.53. The molecule has 8 atom stereocenters. The van der Waals surface area contributed by atoms with Crippen LogP contribution >= 0.6 is 69.6 Å². The van der Waals surface area contributed by atoms with Crippen molar-refractivity contribution in [1.82, 2.24) is 0 Å². The van der Waals surface area contributed by atoms with Crippen LogP contribution in [0.25, 0.3) is 0 Å². The largest absolute Gasteiger partial charge is 0.462 e. The number of ether oxygens (including phenoxy) is 4. The minimum atomic E-state index is -1.64. The lowest BCUT2D eigenvalue weighted by atomic mass is 10.0. The lowest BCUT2D eigenvalue weighted by molar-refractivity contribution is -0.156. The summed E-state index contributed by atoms with van der Waals surface area (Å²) < 4.78 is 21.5. The molecule has 0 spiro atoms. The number of carbonyl (C=O) groups excluding carboxylic acids is 4. The van der Waals surface area contributed by atoms with Gasteiger partial charge in [-0.05, 0) is 59.5 Å². The molecule has 0 bridgehead atoms. The van der Waals surface area contributed by atoms with Gasteiger partial charge in [0.25, 0.3) is 0 Å². The fourth-order valence-electron chi connectivity index (χ4n) is 6.59. The maximum atomic E-state index is 13.2. The molecule has 2 aliphatic carbocycles. The Balaban J connectivity index is 1.51. The summed E-state index contributed by atoms with van der Waals surface area (Å²) in [5.74, 6) is -3.66. The highest BCUT2D eigenvalue weighted by atomic mass is 35.5. The molecule has 2 fully saturated rings. The van der Waals surface area contributed by atoms with Crippen molar-refractivity contribution >= 4 is 93.5 Å². The molecule has 0 saturated heterocycles. The second kappa shape index (κ2) is 15.9. The third kappa shape index (κ3) is 8.16. The first-order chi connectivity index (χ1) is 22.5. The lowest BCUT2D eigenvalue weighted by Crippen LogP contribution is -2.27. The van der Waals surface area contributed by atoms with Gasteiger partial charge in [-0.1, -0.05) is 124 Å². The summed E-state index contributed by atoms with van der Waals surface area (Å²) >= 11 is 37.6. The van der Waals surface area contributed by atoms with E-state index < -0.39 is 46.5 Å². The van der Waals surface area contributed by atoms with Crippen molar-refractivity contribution in [1.29, 1.82) is 0 Å². The molecule has 2 aromatic rings. The molecule has 0 amide bonds. The zero-order valence-corrected chi connectivity index (χ0v) is 31.7. The Morgan fingerprint density at radius 3 is 1.27 bits per heavy atom. The molecular weight excluding hydrogens is 749 g/mol. The number of hydrogen-bond donors (Lipinski definition) is 0. The van der Waals surface area contributed by atoms with Crippen LogP contribution in [-0.4, -0.2) is 37.1 Å². The quantitative estimate of drug-likeness (QED) is 0.0907. The third-order valence-corrected chi connectivity index (χ3v) is 12.0. The molecule has 2 aliphatic rings. The average Bonchev–Trinajstić information content (AvgIpc) is 3.91. The molecule has 14 heteroatoms. The predicted molar refractivity (Wildman–Crippen MR) is 186 cm³/mol. The molecular formula is C34H36Cl6O8. The monoisotopic (exact) mass is 782 g/mol. The minimum Gasteiger partial charge on any atom is -0.462 e. The topological polar surface area (TPSA) is 105 Å². The summed E-state index contributed by atoms with van der Waals surface area (Å²) in [4.78, 5) is 52.5. The highest BCUT2D eigenvalue weighted by molar-refractivity contribution is 6.47. The smallest absolute Gasteiger partial charge is 0.423 e. The molecule has 262 valence electrons. The zero-order valence-electron chi connectivity index (χ0n) is 27.1. The molecule has 2 aromatic carbocycles. The van der Waals surface area contributed by atoms with E-state index in [4.69, 9.17) is 88.6 Å². The van der Waals surface area contributed by atoms with Crippen molar-refractivity contribution in [3.05, 3.63) is 53.4 Å². The van der Waals surface area contributed by atoms with Gasteiger partial charge in [-0.3, -0.25) is 0 Å².